The van der Waals surface area contributed by atoms with Crippen LogP contribution in [0, 0.1) is 23.5 Å². The Labute approximate surface area is 214 Å². The number of aliphatic hydroxyl groups excluding tert-OH is 1. The topological polar surface area (TPSA) is 45.6 Å². The fraction of sp³-hybridized carbons (Fsp3) is 0.464. The van der Waals surface area contributed by atoms with E-state index in [1.807, 2.05) is 18.2 Å². The Hall–Kier alpha value is -2.29. The number of hydrogen-bond donors (Lipinski definition) is 1. The summed E-state index contributed by atoms with van der Waals surface area (Å²) in [6.45, 7) is 2.65. The highest BCUT2D eigenvalue weighted by Gasteiger charge is 2.29. The average Bonchev–Trinajstić information content (AvgIpc) is 2.88. The van der Waals surface area contributed by atoms with Crippen LogP contribution in [0.4, 0.5) is 13.2 Å². The van der Waals surface area contributed by atoms with Gasteiger partial charge in [-0.25, -0.2) is 13.2 Å². The van der Waals surface area contributed by atoms with E-state index in [0.29, 0.717) is 22.6 Å². The fourth-order valence-electron chi connectivity index (χ4n) is 5.10. The Bertz CT molecular complexity index is 1130. The van der Waals surface area contributed by atoms with E-state index in [4.69, 9.17) is 4.74 Å². The number of ether oxygens (including phenoxy) is 1. The number of thioether (sulfide) groups is 1. The van der Waals surface area contributed by atoms with E-state index in [0.717, 1.165) is 61.6 Å². The predicted molar refractivity (Wildman–Crippen MR) is 138 cm³/mol. The summed E-state index contributed by atoms with van der Waals surface area (Å²) >= 11 is 1.45. The van der Waals surface area contributed by atoms with E-state index in [2.05, 4.69) is 9.88 Å². The first-order valence-corrected chi connectivity index (χ1v) is 13.4. The molecule has 0 unspecified atom stereocenters. The third kappa shape index (κ3) is 6.93. The fourth-order valence-corrected chi connectivity index (χ4v) is 6.00. The minimum Gasteiger partial charge on any atom is -0.497 e. The second-order valence-electron chi connectivity index (χ2n) is 9.43. The van der Waals surface area contributed by atoms with Crippen LogP contribution in [0.15, 0.2) is 53.6 Å². The summed E-state index contributed by atoms with van der Waals surface area (Å²) in [5.74, 6) is 0.719. The maximum atomic E-state index is 15.4. The standard InChI is InChI=1S/C28H33F3N2O2S/c1-35-23-4-6-28-26(16-23)25(7-9-32-28)27(31)5-3-19-8-11-33(17-20(19)18-34)10-2-12-36-24-14-21(29)13-22(30)15-24/h4,6-7,9,13-16,19-20,27,34H,2-3,5,8,10-12,17-18H2,1H3/t19-,20-,27+/m1/s1. The van der Waals surface area contributed by atoms with Gasteiger partial charge in [-0.05, 0) is 98.3 Å². The molecule has 1 aliphatic rings. The van der Waals surface area contributed by atoms with Gasteiger partial charge in [0.05, 0.1) is 12.6 Å². The smallest absolute Gasteiger partial charge is 0.127 e. The van der Waals surface area contributed by atoms with Crippen LogP contribution in [0.25, 0.3) is 10.9 Å². The lowest BCUT2D eigenvalue weighted by molar-refractivity contribution is 0.0640. The van der Waals surface area contributed by atoms with Gasteiger partial charge in [0.2, 0.25) is 0 Å². The third-order valence-electron chi connectivity index (χ3n) is 7.04. The number of aromatic nitrogens is 1. The number of nitrogens with zero attached hydrogens (tertiary/aromatic N) is 2. The quantitative estimate of drug-likeness (QED) is 0.234. The van der Waals surface area contributed by atoms with Crippen LogP contribution in [-0.2, 0) is 0 Å². The highest BCUT2D eigenvalue weighted by molar-refractivity contribution is 7.99. The molecule has 8 heteroatoms. The highest BCUT2D eigenvalue weighted by atomic mass is 32.2. The molecule has 36 heavy (non-hydrogen) atoms. The van der Waals surface area contributed by atoms with Crippen molar-refractivity contribution in [2.24, 2.45) is 11.8 Å². The lowest BCUT2D eigenvalue weighted by Crippen LogP contribution is -2.42. The van der Waals surface area contributed by atoms with E-state index in [-0.39, 0.29) is 18.4 Å². The van der Waals surface area contributed by atoms with E-state index in [1.54, 1.807) is 19.4 Å². The van der Waals surface area contributed by atoms with Gasteiger partial charge in [0.1, 0.15) is 23.6 Å². The predicted octanol–water partition coefficient (Wildman–Crippen LogP) is 6.43. The van der Waals surface area contributed by atoms with Crippen molar-refractivity contribution in [2.45, 2.75) is 36.8 Å². The molecule has 3 atom stereocenters. The summed E-state index contributed by atoms with van der Waals surface area (Å²) in [7, 11) is 1.59. The molecule has 1 aliphatic heterocycles. The number of pyridine rings is 1. The number of benzene rings is 2. The Morgan fingerprint density at radius 3 is 2.69 bits per heavy atom. The van der Waals surface area contributed by atoms with Gasteiger partial charge in [-0.2, -0.15) is 0 Å². The van der Waals surface area contributed by atoms with Crippen LogP contribution in [-0.4, -0.2) is 54.1 Å². The van der Waals surface area contributed by atoms with Gasteiger partial charge in [-0.15, -0.1) is 11.8 Å². The Kier molecular flexibility index (Phi) is 9.51. The molecule has 4 rings (SSSR count). The first-order chi connectivity index (χ1) is 17.5. The zero-order chi connectivity index (χ0) is 25.5. The van der Waals surface area contributed by atoms with Gasteiger partial charge in [0.25, 0.3) is 0 Å². The zero-order valence-electron chi connectivity index (χ0n) is 20.5. The molecule has 0 aliphatic carbocycles. The molecule has 3 aromatic rings. The number of fused-ring (bicyclic) bond motifs is 1. The first kappa shape index (κ1) is 26.8. The van der Waals surface area contributed by atoms with Crippen LogP contribution in [0.3, 0.4) is 0 Å². The average molecular weight is 519 g/mol. The van der Waals surface area contributed by atoms with E-state index < -0.39 is 17.8 Å². The molecular formula is C28H33F3N2O2S. The van der Waals surface area contributed by atoms with Gasteiger partial charge in [-0.3, -0.25) is 4.98 Å². The van der Waals surface area contributed by atoms with Gasteiger partial charge in [-0.1, -0.05) is 0 Å². The van der Waals surface area contributed by atoms with Crippen molar-refractivity contribution in [1.29, 1.82) is 0 Å². The number of aliphatic hydroxyl groups is 1. The number of piperidine rings is 1. The second-order valence-corrected chi connectivity index (χ2v) is 10.6. The number of alkyl halides is 1. The van der Waals surface area contributed by atoms with Crippen molar-refractivity contribution in [3.63, 3.8) is 0 Å². The van der Waals surface area contributed by atoms with Crippen LogP contribution < -0.4 is 4.74 Å². The number of rotatable bonds is 11. The first-order valence-electron chi connectivity index (χ1n) is 12.5. The van der Waals surface area contributed by atoms with Crippen LogP contribution in [0.2, 0.25) is 0 Å². The van der Waals surface area contributed by atoms with Crippen LogP contribution in [0.5, 0.6) is 5.75 Å². The van der Waals surface area contributed by atoms with Crippen LogP contribution >= 0.6 is 11.8 Å². The largest absolute Gasteiger partial charge is 0.497 e. The van der Waals surface area contributed by atoms with Gasteiger partial charge in [0.15, 0.2) is 0 Å². The maximum absolute atomic E-state index is 15.4. The second kappa shape index (κ2) is 12.8. The summed E-state index contributed by atoms with van der Waals surface area (Å²) < 4.78 is 47.3. The molecule has 0 radical (unpaired) electrons. The number of likely N-dealkylation sites (tertiary alicyclic amines) is 1. The normalized spacial score (nSPS) is 19.5. The highest BCUT2D eigenvalue weighted by Crippen LogP contribution is 2.35. The molecule has 4 nitrogen and oxygen atoms in total. The minimum atomic E-state index is -1.11. The SMILES string of the molecule is COc1ccc2nccc([C@@H](F)CC[C@@H]3CCN(CCCSc4cc(F)cc(F)c4)C[C@@H]3CO)c2c1. The van der Waals surface area contributed by atoms with Crippen molar-refractivity contribution in [1.82, 2.24) is 9.88 Å². The van der Waals surface area contributed by atoms with Crippen molar-refractivity contribution >= 4 is 22.7 Å². The number of halogens is 3. The molecule has 2 heterocycles. The molecular weight excluding hydrogens is 485 g/mol. The Morgan fingerprint density at radius 1 is 1.14 bits per heavy atom. The van der Waals surface area contributed by atoms with Gasteiger partial charge >= 0.3 is 0 Å². The van der Waals surface area contributed by atoms with Crippen molar-refractivity contribution in [2.75, 3.05) is 39.1 Å². The molecule has 1 fully saturated rings. The van der Waals surface area contributed by atoms with Crippen molar-refractivity contribution in [3.05, 3.63) is 65.9 Å². The zero-order valence-corrected chi connectivity index (χ0v) is 21.3. The van der Waals surface area contributed by atoms with Crippen LogP contribution in [0.1, 0.15) is 37.4 Å². The summed E-state index contributed by atoms with van der Waals surface area (Å²) in [4.78, 5) is 7.27. The number of hydrogen-bond acceptors (Lipinski definition) is 5. The summed E-state index contributed by atoms with van der Waals surface area (Å²) in [5, 5.41) is 10.8. The van der Waals surface area contributed by atoms with Crippen molar-refractivity contribution in [3.8, 4) is 5.75 Å². The Balaban J connectivity index is 1.25. The van der Waals surface area contributed by atoms with E-state index in [1.165, 1.54) is 23.9 Å². The lowest BCUT2D eigenvalue weighted by atomic mass is 9.81. The van der Waals surface area contributed by atoms with E-state index in [9.17, 15) is 13.9 Å². The monoisotopic (exact) mass is 518 g/mol. The molecule has 0 amide bonds. The molecule has 0 bridgehead atoms. The van der Waals surface area contributed by atoms with E-state index >= 15 is 4.39 Å². The maximum Gasteiger partial charge on any atom is 0.127 e. The molecule has 1 saturated heterocycles. The van der Waals surface area contributed by atoms with Gasteiger partial charge in [0, 0.05) is 35.7 Å². The lowest BCUT2D eigenvalue weighted by Gasteiger charge is -2.38. The van der Waals surface area contributed by atoms with Gasteiger partial charge < -0.3 is 14.7 Å². The molecule has 0 spiro atoms. The minimum absolute atomic E-state index is 0.0881. The molecule has 0 saturated carbocycles. The molecule has 1 aromatic heterocycles. The summed E-state index contributed by atoms with van der Waals surface area (Å²) in [5.41, 5.74) is 1.38. The third-order valence-corrected chi connectivity index (χ3v) is 8.11. The number of methoxy groups -OCH3 is 1. The van der Waals surface area contributed by atoms with Crippen molar-refractivity contribution < 1.29 is 23.0 Å². The Morgan fingerprint density at radius 2 is 1.94 bits per heavy atom. The summed E-state index contributed by atoms with van der Waals surface area (Å²) in [6, 6.07) is 10.8. The molecule has 2 aromatic carbocycles. The molecule has 194 valence electrons. The molecule has 1 N–H and O–H groups in total. The summed E-state index contributed by atoms with van der Waals surface area (Å²) in [6.07, 6.45) is 3.47.